The predicted molar refractivity (Wildman–Crippen MR) is 171 cm³/mol. The van der Waals surface area contributed by atoms with Crippen LogP contribution in [-0.4, -0.2) is 87.6 Å². The van der Waals surface area contributed by atoms with Crippen molar-refractivity contribution < 1.29 is 62.7 Å². The van der Waals surface area contributed by atoms with Crippen LogP contribution in [-0.2, 0) is 52.5 Å². The predicted octanol–water partition coefficient (Wildman–Crippen LogP) is 3.17. The second-order valence-corrected chi connectivity index (χ2v) is 14.2. The number of hydrogen-bond donors (Lipinski definition) is 2. The van der Waals surface area contributed by atoms with Crippen LogP contribution in [0.15, 0.2) is 24.3 Å². The number of aliphatic hydroxyl groups excluding tert-OH is 1. The summed E-state index contributed by atoms with van der Waals surface area (Å²) in [4.78, 5) is 78.4. The normalized spacial score (nSPS) is 34.2. The van der Waals surface area contributed by atoms with Crippen LogP contribution in [0.25, 0.3) is 0 Å². The average molecular weight is 681 g/mol. The fourth-order valence-electron chi connectivity index (χ4n) is 6.32. The zero-order chi connectivity index (χ0) is 37.1. The topological polar surface area (TPSA) is 189 Å². The van der Waals surface area contributed by atoms with E-state index in [1.165, 1.54) is 19.9 Å². The summed E-state index contributed by atoms with van der Waals surface area (Å²) in [6, 6.07) is 0. The van der Waals surface area contributed by atoms with Gasteiger partial charge in [0.05, 0.1) is 17.8 Å². The fourth-order valence-corrected chi connectivity index (χ4v) is 6.32. The molecule has 2 aliphatic rings. The molecule has 0 bridgehead atoms. The molecule has 10 unspecified atom stereocenters. The molecule has 0 aromatic rings. The summed E-state index contributed by atoms with van der Waals surface area (Å²) < 4.78 is 28.9. The monoisotopic (exact) mass is 680 g/mol. The quantitative estimate of drug-likeness (QED) is 0.216. The Kier molecular flexibility index (Phi) is 13.0. The number of carbonyl (C=O) groups excluding carboxylic acids is 6. The number of hydrogen-bond acceptors (Lipinski definition) is 13. The molecule has 1 fully saturated rings. The molecule has 0 heterocycles. The number of Topliss-reactive ketones (excluding diaryl/α,β-unsaturated/α-hetero) is 1. The van der Waals surface area contributed by atoms with Crippen molar-refractivity contribution in [2.75, 3.05) is 0 Å². The van der Waals surface area contributed by atoms with Gasteiger partial charge in [-0.05, 0) is 13.3 Å². The lowest BCUT2D eigenvalue weighted by Gasteiger charge is -2.43. The van der Waals surface area contributed by atoms with E-state index in [-0.39, 0.29) is 5.57 Å². The van der Waals surface area contributed by atoms with Gasteiger partial charge in [-0.2, -0.15) is 0 Å². The van der Waals surface area contributed by atoms with Gasteiger partial charge in [0.25, 0.3) is 0 Å². The van der Waals surface area contributed by atoms with Crippen LogP contribution in [0.5, 0.6) is 0 Å². The summed E-state index contributed by atoms with van der Waals surface area (Å²) in [6.45, 7) is 19.9. The van der Waals surface area contributed by atoms with Gasteiger partial charge in [0, 0.05) is 44.1 Å². The van der Waals surface area contributed by atoms with Crippen LogP contribution in [0.2, 0.25) is 0 Å². The van der Waals surface area contributed by atoms with Crippen molar-refractivity contribution in [3.63, 3.8) is 0 Å². The Morgan fingerprint density at radius 2 is 1.46 bits per heavy atom. The average Bonchev–Trinajstić information content (AvgIpc) is 3.16. The maximum absolute atomic E-state index is 14.3. The van der Waals surface area contributed by atoms with Crippen molar-refractivity contribution in [2.24, 2.45) is 29.1 Å². The molecule has 0 aromatic heterocycles. The van der Waals surface area contributed by atoms with Crippen LogP contribution >= 0.6 is 0 Å². The van der Waals surface area contributed by atoms with Crippen molar-refractivity contribution in [3.05, 3.63) is 24.3 Å². The van der Waals surface area contributed by atoms with Gasteiger partial charge < -0.3 is 33.9 Å². The van der Waals surface area contributed by atoms with Crippen molar-refractivity contribution in [2.45, 2.75) is 131 Å². The van der Waals surface area contributed by atoms with E-state index in [9.17, 15) is 39.0 Å². The highest BCUT2D eigenvalue weighted by Gasteiger charge is 2.68. The van der Waals surface area contributed by atoms with Crippen LogP contribution < -0.4 is 0 Å². The van der Waals surface area contributed by atoms with Crippen molar-refractivity contribution in [1.29, 1.82) is 0 Å². The molecule has 1 saturated carbocycles. The third-order valence-electron chi connectivity index (χ3n) is 9.12. The number of carbonyl (C=O) groups is 6. The Labute approximate surface area is 282 Å². The second-order valence-electron chi connectivity index (χ2n) is 14.2. The summed E-state index contributed by atoms with van der Waals surface area (Å²) in [5, 5.41) is 24.3. The second kappa shape index (κ2) is 15.3. The summed E-state index contributed by atoms with van der Waals surface area (Å²) in [7, 11) is 0. The number of ketones is 1. The summed E-state index contributed by atoms with van der Waals surface area (Å²) >= 11 is 0. The number of rotatable bonds is 8. The molecule has 2 rings (SSSR count). The Hall–Kier alpha value is -3.58. The molecule has 0 amide bonds. The standard InChI is InChI=1S/C35H52O13/c1-13-18(4)32(42)46-25-20(6)26(47-31(41)17(2)3)27(44-21(7)36)30(45-22(8)37)33(10,11)15-14-19(5)28(39)35(43)16-34(12,48-23(9)38)29(40)24(25)35/h14-15,17-19,24-27,29-30,40,43H,6,13,16H2,1-5,7-12H3. The number of aliphatic hydroxyl groups is 2. The highest BCUT2D eigenvalue weighted by Crippen LogP contribution is 2.51. The van der Waals surface area contributed by atoms with E-state index in [0.717, 1.165) is 20.8 Å². The lowest BCUT2D eigenvalue weighted by molar-refractivity contribution is -0.193. The molecule has 0 radical (unpaired) electrons. The minimum Gasteiger partial charge on any atom is -0.458 e. The third kappa shape index (κ3) is 8.71. The van der Waals surface area contributed by atoms with E-state index in [0.29, 0.717) is 6.42 Å². The van der Waals surface area contributed by atoms with Crippen LogP contribution in [0.1, 0.15) is 89.0 Å². The molecular weight excluding hydrogens is 628 g/mol. The van der Waals surface area contributed by atoms with E-state index in [1.54, 1.807) is 47.6 Å². The van der Waals surface area contributed by atoms with Gasteiger partial charge in [0.15, 0.2) is 24.1 Å². The van der Waals surface area contributed by atoms with Crippen LogP contribution in [0.3, 0.4) is 0 Å². The van der Waals surface area contributed by atoms with E-state index in [4.69, 9.17) is 23.7 Å². The third-order valence-corrected chi connectivity index (χ3v) is 9.12. The summed E-state index contributed by atoms with van der Waals surface area (Å²) in [5.41, 5.74) is -5.88. The SMILES string of the molecule is C=C1C(OC(=O)C(C)C)C(OC(C)=O)C(OC(C)=O)C(C)(C)C=CC(C)C(=O)C2(O)CC(C)(OC(C)=O)C(O)C2C1OC(=O)C(C)CC. The molecular formula is C35H52O13. The molecule has 10 atom stereocenters. The molecule has 2 aliphatic carbocycles. The minimum atomic E-state index is -2.50. The molecule has 0 aliphatic heterocycles. The summed E-state index contributed by atoms with van der Waals surface area (Å²) in [6.07, 6.45) is -5.60. The first-order chi connectivity index (χ1) is 21.9. The maximum Gasteiger partial charge on any atom is 0.309 e. The molecule has 0 aromatic carbocycles. The number of allylic oxidation sites excluding steroid dienone is 1. The Bertz CT molecular complexity index is 1320. The van der Waals surface area contributed by atoms with E-state index < -0.39 is 113 Å². The smallest absolute Gasteiger partial charge is 0.309 e. The Balaban J connectivity index is 3.12. The fraction of sp³-hybridized carbons (Fsp3) is 0.714. The van der Waals surface area contributed by atoms with Gasteiger partial charge in [-0.15, -0.1) is 0 Å². The van der Waals surface area contributed by atoms with Gasteiger partial charge in [0.1, 0.15) is 23.4 Å². The van der Waals surface area contributed by atoms with Crippen molar-refractivity contribution in [3.8, 4) is 0 Å². The Morgan fingerprint density at radius 3 is 1.94 bits per heavy atom. The van der Waals surface area contributed by atoms with Gasteiger partial charge in [-0.1, -0.05) is 67.2 Å². The van der Waals surface area contributed by atoms with Crippen molar-refractivity contribution >= 4 is 35.6 Å². The number of ether oxygens (including phenoxy) is 5. The zero-order valence-corrected chi connectivity index (χ0v) is 29.9. The van der Waals surface area contributed by atoms with Gasteiger partial charge in [-0.3, -0.25) is 28.8 Å². The van der Waals surface area contributed by atoms with E-state index in [1.807, 2.05) is 0 Å². The molecule has 0 spiro atoms. The molecule has 0 saturated heterocycles. The molecule has 2 N–H and O–H groups in total. The lowest BCUT2D eigenvalue weighted by Crippen LogP contribution is -2.58. The first kappa shape index (κ1) is 40.6. The van der Waals surface area contributed by atoms with Gasteiger partial charge in [0.2, 0.25) is 0 Å². The van der Waals surface area contributed by atoms with Crippen LogP contribution in [0, 0.1) is 29.1 Å². The first-order valence-electron chi connectivity index (χ1n) is 16.2. The molecule has 13 heteroatoms. The minimum absolute atomic E-state index is 0.292. The molecule has 270 valence electrons. The maximum atomic E-state index is 14.3. The van der Waals surface area contributed by atoms with E-state index >= 15 is 0 Å². The van der Waals surface area contributed by atoms with E-state index in [2.05, 4.69) is 6.58 Å². The zero-order valence-electron chi connectivity index (χ0n) is 29.9. The van der Waals surface area contributed by atoms with Crippen LogP contribution in [0.4, 0.5) is 0 Å². The lowest BCUT2D eigenvalue weighted by atomic mass is 9.72. The first-order valence-corrected chi connectivity index (χ1v) is 16.2. The highest BCUT2D eigenvalue weighted by atomic mass is 16.6. The number of fused-ring (bicyclic) bond motifs is 1. The van der Waals surface area contributed by atoms with Crippen molar-refractivity contribution in [1.82, 2.24) is 0 Å². The number of esters is 5. The van der Waals surface area contributed by atoms with Gasteiger partial charge >= 0.3 is 29.8 Å². The summed E-state index contributed by atoms with van der Waals surface area (Å²) in [5.74, 6) is -9.07. The highest BCUT2D eigenvalue weighted by molar-refractivity contribution is 5.92. The largest absolute Gasteiger partial charge is 0.458 e. The van der Waals surface area contributed by atoms with Gasteiger partial charge in [-0.25, -0.2) is 0 Å². The molecule has 48 heavy (non-hydrogen) atoms. The molecule has 13 nitrogen and oxygen atoms in total. The Morgan fingerprint density at radius 1 is 0.917 bits per heavy atom.